The topological polar surface area (TPSA) is 212 Å². The van der Waals surface area contributed by atoms with Crippen molar-refractivity contribution >= 4 is 43.7 Å². The zero-order chi connectivity index (χ0) is 27.0. The van der Waals surface area contributed by atoms with E-state index >= 15 is 0 Å². The molecular weight excluding hydrogens is 562 g/mol. The van der Waals surface area contributed by atoms with Gasteiger partial charge < -0.3 is 34.9 Å². The van der Waals surface area contributed by atoms with Crippen molar-refractivity contribution in [3.8, 4) is 0 Å². The van der Waals surface area contributed by atoms with Crippen LogP contribution in [0, 0.1) is 23.7 Å². The number of aliphatic hydroxyl groups is 2. The Morgan fingerprint density at radius 1 is 1.03 bits per heavy atom. The number of aromatic nitrogens is 4. The summed E-state index contributed by atoms with van der Waals surface area (Å²) in [6.07, 6.45) is 2.37. The zero-order valence-corrected chi connectivity index (χ0v) is 22.8. The van der Waals surface area contributed by atoms with Crippen molar-refractivity contribution in [3.05, 3.63) is 11.6 Å². The van der Waals surface area contributed by atoms with Gasteiger partial charge in [0, 0.05) is 12.6 Å². The normalized spacial score (nSPS) is 38.1. The zero-order valence-electron chi connectivity index (χ0n) is 20.2. The number of nitrogens with one attached hydrogen (secondary N) is 2. The van der Waals surface area contributed by atoms with Gasteiger partial charge in [0.15, 0.2) is 23.2 Å². The molecule has 2 aromatic rings. The number of halogens is 1. The number of anilines is 1. The van der Waals surface area contributed by atoms with E-state index in [0.29, 0.717) is 23.2 Å². The van der Waals surface area contributed by atoms with Gasteiger partial charge in [0.1, 0.15) is 24.2 Å². The lowest BCUT2D eigenvalue weighted by Gasteiger charge is -2.54. The van der Waals surface area contributed by atoms with Crippen LogP contribution < -0.4 is 10.4 Å². The fourth-order valence-electron chi connectivity index (χ4n) is 7.16. The molecule has 7 rings (SSSR count). The minimum absolute atomic E-state index is 0.0181. The number of fused-ring (bicyclic) bond motifs is 1. The van der Waals surface area contributed by atoms with Gasteiger partial charge in [-0.2, -0.15) is 9.97 Å². The molecule has 3 unspecified atom stereocenters. The Balaban J connectivity index is 1.21. The van der Waals surface area contributed by atoms with Crippen LogP contribution in [0.5, 0.6) is 0 Å². The highest BCUT2D eigenvalue weighted by molar-refractivity contribution is 7.71. The molecule has 7 N–H and O–H groups in total. The highest BCUT2D eigenvalue weighted by Crippen LogP contribution is 2.55. The molecule has 17 heteroatoms. The summed E-state index contributed by atoms with van der Waals surface area (Å²) >= 11 is 6.29. The first-order chi connectivity index (χ1) is 17.9. The second kappa shape index (κ2) is 9.73. The second-order valence-electron chi connectivity index (χ2n) is 11.2. The van der Waals surface area contributed by atoms with Gasteiger partial charge in [-0.05, 0) is 67.4 Å². The van der Waals surface area contributed by atoms with E-state index in [0.717, 1.165) is 11.8 Å². The molecule has 5 aliphatic rings. The Kier molecular flexibility index (Phi) is 6.91. The van der Waals surface area contributed by atoms with Crippen LogP contribution in [0.25, 0.3) is 11.2 Å². The summed E-state index contributed by atoms with van der Waals surface area (Å²) in [7, 11) is -9.18. The Labute approximate surface area is 222 Å². The van der Waals surface area contributed by atoms with Gasteiger partial charge in [-0.1, -0.05) is 0 Å². The molecule has 210 valence electrons. The molecule has 1 saturated heterocycles. The van der Waals surface area contributed by atoms with Crippen LogP contribution in [0.1, 0.15) is 38.3 Å². The fraction of sp³-hybridized carbons (Fsp3) is 0.762. The summed E-state index contributed by atoms with van der Waals surface area (Å²) in [5.41, 5.74) is 0.729. The molecule has 1 aliphatic heterocycles. The maximum atomic E-state index is 12.1. The summed E-state index contributed by atoms with van der Waals surface area (Å²) in [4.78, 5) is 41.0. The van der Waals surface area contributed by atoms with Gasteiger partial charge in [-0.25, -0.2) is 10.1 Å². The largest absolute Gasteiger partial charge is 0.387 e. The van der Waals surface area contributed by atoms with Crippen molar-refractivity contribution in [2.24, 2.45) is 23.7 Å². The predicted octanol–water partition coefficient (Wildman–Crippen LogP) is 1.25. The molecule has 5 fully saturated rings. The first-order valence-corrected chi connectivity index (χ1v) is 16.7. The molecule has 3 heterocycles. The van der Waals surface area contributed by atoms with Crippen molar-refractivity contribution < 1.29 is 38.8 Å². The standard InChI is InChI=1S/C21H31ClN6O8P2/c22-21-26-18(25-14-11-2-9-1-10(4-11)5-12(14)3-9)15-19(27-21)28(7-23-15)20-17(30)16(29)13(36-20)6-24-37(31,32)8-38(33,34)35/h7,9-14,16-17,20,29-30H,1-6,8H2,(H2,24,31,32)(H,25,26,27)(H2,33,34,35)/t9?,10?,11?,12?,13-,14?,16?,17?,20-/m1/s1. The summed E-state index contributed by atoms with van der Waals surface area (Å²) in [6.45, 7) is -0.440. The van der Waals surface area contributed by atoms with Gasteiger partial charge in [-0.3, -0.25) is 13.7 Å². The number of hydrogen-bond acceptors (Lipinski definition) is 9. The third kappa shape index (κ3) is 5.16. The third-order valence-corrected chi connectivity index (χ3v) is 12.3. The van der Waals surface area contributed by atoms with E-state index in [4.69, 9.17) is 26.1 Å². The van der Waals surface area contributed by atoms with E-state index in [9.17, 15) is 24.2 Å². The molecule has 4 bridgehead atoms. The molecule has 38 heavy (non-hydrogen) atoms. The van der Waals surface area contributed by atoms with Gasteiger partial charge in [0.2, 0.25) is 5.28 Å². The highest BCUT2D eigenvalue weighted by Gasteiger charge is 2.49. The van der Waals surface area contributed by atoms with E-state index < -0.39 is 52.1 Å². The average molecular weight is 593 g/mol. The molecular formula is C21H31ClN6O8P2. The van der Waals surface area contributed by atoms with E-state index in [1.54, 1.807) is 0 Å². The van der Waals surface area contributed by atoms with Crippen LogP contribution in [0.15, 0.2) is 6.33 Å². The van der Waals surface area contributed by atoms with Crippen LogP contribution >= 0.6 is 26.7 Å². The van der Waals surface area contributed by atoms with Gasteiger partial charge in [0.05, 0.1) is 6.33 Å². The van der Waals surface area contributed by atoms with Gasteiger partial charge >= 0.3 is 7.60 Å². The fourth-order valence-corrected chi connectivity index (χ4v) is 10.2. The molecule has 0 aromatic carbocycles. The van der Waals surface area contributed by atoms with Gasteiger partial charge in [0.25, 0.3) is 7.52 Å². The van der Waals surface area contributed by atoms with Crippen molar-refractivity contribution in [2.45, 2.75) is 62.7 Å². The second-order valence-corrected chi connectivity index (χ2v) is 15.7. The first-order valence-electron chi connectivity index (χ1n) is 12.7. The average Bonchev–Trinajstić information content (AvgIpc) is 3.33. The highest BCUT2D eigenvalue weighted by atomic mass is 35.5. The Morgan fingerprint density at radius 3 is 2.32 bits per heavy atom. The minimum Gasteiger partial charge on any atom is -0.387 e. The van der Waals surface area contributed by atoms with Crippen molar-refractivity contribution in [2.75, 3.05) is 17.8 Å². The SMILES string of the molecule is O=P(O)(O)CP(=O)(O)NC[C@H]1O[C@@H](n2cnc3c(NC4C5CC6CC(C5)CC4C6)nc(Cl)nc32)C(O)C1O. The minimum atomic E-state index is -4.76. The Hall–Kier alpha value is -1.18. The quantitative estimate of drug-likeness (QED) is 0.170. The van der Waals surface area contributed by atoms with Crippen molar-refractivity contribution in [1.82, 2.24) is 24.6 Å². The molecule has 0 spiro atoms. The molecule has 4 saturated carbocycles. The van der Waals surface area contributed by atoms with Crippen LogP contribution in [0.2, 0.25) is 5.28 Å². The molecule has 14 nitrogen and oxygen atoms in total. The van der Waals surface area contributed by atoms with Crippen molar-refractivity contribution in [3.63, 3.8) is 0 Å². The Bertz CT molecular complexity index is 1300. The molecule has 0 radical (unpaired) electrons. The van der Waals surface area contributed by atoms with Crippen LogP contribution in [0.3, 0.4) is 0 Å². The molecule has 5 atom stereocenters. The number of imidazole rings is 1. The monoisotopic (exact) mass is 592 g/mol. The lowest BCUT2D eigenvalue weighted by Crippen LogP contribution is -2.51. The maximum absolute atomic E-state index is 12.1. The summed E-state index contributed by atoms with van der Waals surface area (Å²) in [5.74, 6) is 2.02. The molecule has 4 aliphatic carbocycles. The molecule has 0 amide bonds. The van der Waals surface area contributed by atoms with E-state index in [1.807, 2.05) is 0 Å². The summed E-state index contributed by atoms with van der Waals surface area (Å²) in [5, 5.41) is 27.0. The third-order valence-electron chi connectivity index (χ3n) is 8.45. The smallest absolute Gasteiger partial charge is 0.336 e. The van der Waals surface area contributed by atoms with Crippen LogP contribution in [-0.2, 0) is 13.9 Å². The number of rotatable bonds is 8. The predicted molar refractivity (Wildman–Crippen MR) is 135 cm³/mol. The van der Waals surface area contributed by atoms with E-state index in [2.05, 4.69) is 25.4 Å². The van der Waals surface area contributed by atoms with Crippen LogP contribution in [-0.4, -0.2) is 81.2 Å². The van der Waals surface area contributed by atoms with Crippen molar-refractivity contribution in [1.29, 1.82) is 0 Å². The lowest BCUT2D eigenvalue weighted by molar-refractivity contribution is -0.0331. The number of hydrogen-bond donors (Lipinski definition) is 7. The van der Waals surface area contributed by atoms with E-state index in [1.165, 1.54) is 43.0 Å². The maximum Gasteiger partial charge on any atom is 0.336 e. The number of aliphatic hydroxyl groups excluding tert-OH is 2. The summed E-state index contributed by atoms with van der Waals surface area (Å²) < 4.78 is 30.4. The lowest BCUT2D eigenvalue weighted by atomic mass is 9.54. The number of ether oxygens (including phenoxy) is 1. The summed E-state index contributed by atoms with van der Waals surface area (Å²) in [6, 6.07) is 0.273. The Morgan fingerprint density at radius 2 is 1.68 bits per heavy atom. The van der Waals surface area contributed by atoms with E-state index in [-0.39, 0.29) is 17.0 Å². The van der Waals surface area contributed by atoms with Gasteiger partial charge in [-0.15, -0.1) is 0 Å². The molecule has 2 aromatic heterocycles. The first kappa shape index (κ1) is 27.0. The van der Waals surface area contributed by atoms with Crippen LogP contribution in [0.4, 0.5) is 5.82 Å². The number of nitrogens with zero attached hydrogens (tertiary/aromatic N) is 4.